The summed E-state index contributed by atoms with van der Waals surface area (Å²) in [6.45, 7) is 1.76. The van der Waals surface area contributed by atoms with Crippen LogP contribution in [0.1, 0.15) is 17.9 Å². The molecule has 4 nitrogen and oxygen atoms in total. The summed E-state index contributed by atoms with van der Waals surface area (Å²) in [5, 5.41) is 9.97. The minimum atomic E-state index is -0.483. The van der Waals surface area contributed by atoms with Crippen LogP contribution in [0.4, 0.5) is 5.82 Å². The molecular formula is C6H7ClN2O2. The maximum Gasteiger partial charge on any atom is 0.321 e. The van der Waals surface area contributed by atoms with Gasteiger partial charge >= 0.3 is 5.82 Å². The van der Waals surface area contributed by atoms with Crippen LogP contribution in [0.2, 0.25) is 0 Å². The topological polar surface area (TPSA) is 58.9 Å². The highest BCUT2D eigenvalue weighted by Gasteiger charge is 2.10. The molecule has 0 aliphatic heterocycles. The number of H-pyrrole nitrogens is 1. The average Bonchev–Trinajstić information content (AvgIpc) is 2.33. The van der Waals surface area contributed by atoms with Crippen LogP contribution in [0, 0.1) is 10.1 Å². The molecule has 1 aromatic rings. The first-order chi connectivity index (χ1) is 5.11. The van der Waals surface area contributed by atoms with Gasteiger partial charge in [0.2, 0.25) is 0 Å². The van der Waals surface area contributed by atoms with Gasteiger partial charge < -0.3 is 10.1 Å². The number of nitro groups is 1. The first-order valence-corrected chi connectivity index (χ1v) is 3.51. The molecule has 0 saturated carbocycles. The number of aromatic amines is 1. The Labute approximate surface area is 68.3 Å². The molecule has 0 aromatic carbocycles. The van der Waals surface area contributed by atoms with Crippen molar-refractivity contribution in [2.75, 3.05) is 0 Å². The van der Waals surface area contributed by atoms with Crippen LogP contribution < -0.4 is 0 Å². The lowest BCUT2D eigenvalue weighted by molar-refractivity contribution is -0.389. The first-order valence-electron chi connectivity index (χ1n) is 3.08. The maximum absolute atomic E-state index is 10.2. The molecule has 5 heteroatoms. The summed E-state index contributed by atoms with van der Waals surface area (Å²) in [5.41, 5.74) is 0.735. The third-order valence-electron chi connectivity index (χ3n) is 1.35. The van der Waals surface area contributed by atoms with Gasteiger partial charge in [-0.1, -0.05) is 0 Å². The Morgan fingerprint density at radius 2 is 2.45 bits per heavy atom. The number of nitrogens with one attached hydrogen (secondary N) is 1. The van der Waals surface area contributed by atoms with Crippen molar-refractivity contribution in [2.45, 2.75) is 12.3 Å². The smallest absolute Gasteiger partial charge is 0.321 e. The number of alkyl halides is 1. The summed E-state index contributed by atoms with van der Waals surface area (Å²) in [4.78, 5) is 12.2. The third kappa shape index (κ3) is 1.71. The molecule has 0 saturated heterocycles. The Morgan fingerprint density at radius 1 is 1.82 bits per heavy atom. The summed E-state index contributed by atoms with van der Waals surface area (Å²) >= 11 is 5.68. The van der Waals surface area contributed by atoms with Gasteiger partial charge in [0.05, 0.1) is 11.6 Å². The third-order valence-corrected chi connectivity index (χ3v) is 1.60. The molecule has 0 amide bonds. The second kappa shape index (κ2) is 2.92. The molecule has 1 unspecified atom stereocenters. The number of rotatable bonds is 2. The van der Waals surface area contributed by atoms with Crippen LogP contribution >= 0.6 is 11.6 Å². The van der Waals surface area contributed by atoms with Crippen molar-refractivity contribution in [3.8, 4) is 0 Å². The van der Waals surface area contributed by atoms with Crippen LogP contribution in [0.5, 0.6) is 0 Å². The van der Waals surface area contributed by atoms with Crippen LogP contribution in [0.15, 0.2) is 12.3 Å². The largest absolute Gasteiger partial charge is 0.358 e. The van der Waals surface area contributed by atoms with Gasteiger partial charge in [-0.25, -0.2) is 4.98 Å². The molecule has 1 heterocycles. The Bertz CT molecular complexity index is 269. The molecule has 0 bridgehead atoms. The summed E-state index contributed by atoms with van der Waals surface area (Å²) in [6, 6.07) is 1.43. The van der Waals surface area contributed by atoms with Crippen molar-refractivity contribution in [3.05, 3.63) is 27.9 Å². The lowest BCUT2D eigenvalue weighted by Crippen LogP contribution is -1.85. The van der Waals surface area contributed by atoms with E-state index in [-0.39, 0.29) is 11.2 Å². The normalized spacial score (nSPS) is 12.9. The van der Waals surface area contributed by atoms with Gasteiger partial charge in [-0.05, 0) is 11.8 Å². The molecule has 0 spiro atoms. The molecule has 60 valence electrons. The predicted octanol–water partition coefficient (Wildman–Crippen LogP) is 2.22. The zero-order valence-electron chi connectivity index (χ0n) is 5.87. The SMILES string of the molecule is CC(Cl)c1c[nH]c([N+](=O)[O-])c1. The molecule has 11 heavy (non-hydrogen) atoms. The van der Waals surface area contributed by atoms with E-state index in [0.717, 1.165) is 5.56 Å². The van der Waals surface area contributed by atoms with E-state index in [1.54, 1.807) is 6.92 Å². The van der Waals surface area contributed by atoms with E-state index in [4.69, 9.17) is 11.6 Å². The van der Waals surface area contributed by atoms with Gasteiger partial charge in [-0.3, -0.25) is 0 Å². The lowest BCUT2D eigenvalue weighted by Gasteiger charge is -1.92. The average molecular weight is 175 g/mol. The van der Waals surface area contributed by atoms with Gasteiger partial charge in [0.25, 0.3) is 0 Å². The monoisotopic (exact) mass is 174 g/mol. The Hall–Kier alpha value is -1.03. The molecule has 1 atom stereocenters. The molecule has 1 aromatic heterocycles. The highest BCUT2D eigenvalue weighted by atomic mass is 35.5. The highest BCUT2D eigenvalue weighted by Crippen LogP contribution is 2.22. The number of aromatic nitrogens is 1. The summed E-state index contributed by atoms with van der Waals surface area (Å²) in [6.07, 6.45) is 1.54. The van der Waals surface area contributed by atoms with Crippen LogP contribution in [-0.2, 0) is 0 Å². The Balaban J connectivity index is 2.90. The minimum Gasteiger partial charge on any atom is -0.358 e. The molecule has 0 aliphatic rings. The molecule has 0 radical (unpaired) electrons. The van der Waals surface area contributed by atoms with E-state index in [1.807, 2.05) is 0 Å². The molecule has 0 fully saturated rings. The lowest BCUT2D eigenvalue weighted by atomic mass is 10.3. The molecular weight excluding hydrogens is 168 g/mol. The second-order valence-electron chi connectivity index (χ2n) is 2.19. The van der Waals surface area contributed by atoms with Crippen molar-refractivity contribution < 1.29 is 4.92 Å². The van der Waals surface area contributed by atoms with E-state index >= 15 is 0 Å². The van der Waals surface area contributed by atoms with Crippen molar-refractivity contribution in [3.63, 3.8) is 0 Å². The molecule has 0 aliphatic carbocycles. The Morgan fingerprint density at radius 3 is 2.73 bits per heavy atom. The zero-order chi connectivity index (χ0) is 8.43. The quantitative estimate of drug-likeness (QED) is 0.425. The van der Waals surface area contributed by atoms with E-state index in [9.17, 15) is 10.1 Å². The molecule has 1 N–H and O–H groups in total. The number of halogens is 1. The van der Waals surface area contributed by atoms with E-state index < -0.39 is 4.92 Å². The zero-order valence-corrected chi connectivity index (χ0v) is 6.63. The van der Waals surface area contributed by atoms with Crippen LogP contribution in [0.25, 0.3) is 0 Å². The van der Waals surface area contributed by atoms with Crippen molar-refractivity contribution in [2.24, 2.45) is 0 Å². The van der Waals surface area contributed by atoms with Gasteiger partial charge in [-0.15, -0.1) is 11.6 Å². The second-order valence-corrected chi connectivity index (χ2v) is 2.85. The minimum absolute atomic E-state index is 0.0208. The van der Waals surface area contributed by atoms with Gasteiger partial charge in [0.1, 0.15) is 0 Å². The maximum atomic E-state index is 10.2. The fraction of sp³-hybridized carbons (Fsp3) is 0.333. The molecule has 1 rings (SSSR count). The van der Waals surface area contributed by atoms with Gasteiger partial charge in [0, 0.05) is 11.6 Å². The highest BCUT2D eigenvalue weighted by molar-refractivity contribution is 6.20. The summed E-state index contributed by atoms with van der Waals surface area (Å²) in [7, 11) is 0. The van der Waals surface area contributed by atoms with E-state index in [0.29, 0.717) is 0 Å². The van der Waals surface area contributed by atoms with Gasteiger partial charge in [-0.2, -0.15) is 0 Å². The van der Waals surface area contributed by atoms with E-state index in [2.05, 4.69) is 4.98 Å². The van der Waals surface area contributed by atoms with Gasteiger partial charge in [0.15, 0.2) is 0 Å². The fourth-order valence-corrected chi connectivity index (χ4v) is 0.860. The summed E-state index contributed by atoms with van der Waals surface area (Å²) in [5.74, 6) is -0.0208. The van der Waals surface area contributed by atoms with E-state index in [1.165, 1.54) is 12.3 Å². The Kier molecular flexibility index (Phi) is 2.14. The summed E-state index contributed by atoms with van der Waals surface area (Å²) < 4.78 is 0. The first kappa shape index (κ1) is 8.07. The number of nitrogens with zero attached hydrogens (tertiary/aromatic N) is 1. The number of hydrogen-bond acceptors (Lipinski definition) is 2. The predicted molar refractivity (Wildman–Crippen MR) is 41.7 cm³/mol. The van der Waals surface area contributed by atoms with Crippen molar-refractivity contribution in [1.29, 1.82) is 0 Å². The van der Waals surface area contributed by atoms with Crippen LogP contribution in [-0.4, -0.2) is 9.91 Å². The fourth-order valence-electron chi connectivity index (χ4n) is 0.734. The van der Waals surface area contributed by atoms with Crippen molar-refractivity contribution >= 4 is 17.4 Å². The van der Waals surface area contributed by atoms with Crippen LogP contribution in [0.3, 0.4) is 0 Å². The standard InChI is InChI=1S/C6H7ClN2O2/c1-4(7)5-2-6(8-3-5)9(10)11/h2-4,8H,1H3. The van der Waals surface area contributed by atoms with Crippen molar-refractivity contribution in [1.82, 2.24) is 4.98 Å². The number of hydrogen-bond donors (Lipinski definition) is 1.